The zero-order chi connectivity index (χ0) is 27.3. The fraction of sp³-hybridized carbons (Fsp3) is 0.440. The van der Waals surface area contributed by atoms with Crippen molar-refractivity contribution in [2.24, 2.45) is 5.92 Å². The van der Waals surface area contributed by atoms with Crippen LogP contribution in [0, 0.1) is 5.92 Å². The van der Waals surface area contributed by atoms with Gasteiger partial charge in [-0.1, -0.05) is 32.0 Å². The van der Waals surface area contributed by atoms with Crippen LogP contribution in [0.4, 0.5) is 22.0 Å². The zero-order valence-corrected chi connectivity index (χ0v) is 19.9. The van der Waals surface area contributed by atoms with Crippen molar-refractivity contribution < 1.29 is 46.5 Å². The minimum absolute atomic E-state index is 0.00959. The smallest absolute Gasteiger partial charge is 0.416 e. The number of ether oxygens (including phenoxy) is 1. The molecule has 0 aliphatic carbocycles. The van der Waals surface area contributed by atoms with Gasteiger partial charge in [-0.05, 0) is 54.2 Å². The number of carboxylic acids is 2. The Bertz CT molecular complexity index is 1070. The van der Waals surface area contributed by atoms with Crippen molar-refractivity contribution in [2.75, 3.05) is 0 Å². The van der Waals surface area contributed by atoms with Gasteiger partial charge in [0.1, 0.15) is 24.4 Å². The molecule has 3 N–H and O–H groups in total. The predicted molar refractivity (Wildman–Crippen MR) is 121 cm³/mol. The monoisotopic (exact) mass is 517 g/mol. The van der Waals surface area contributed by atoms with Crippen molar-refractivity contribution >= 4 is 11.9 Å². The fourth-order valence-corrected chi connectivity index (χ4v) is 3.62. The minimum atomic E-state index is -4.78. The Kier molecular flexibility index (Phi) is 9.42. The third kappa shape index (κ3) is 8.47. The van der Waals surface area contributed by atoms with Gasteiger partial charge in [-0.2, -0.15) is 13.2 Å². The van der Waals surface area contributed by atoms with Gasteiger partial charge in [0.25, 0.3) is 5.92 Å². The summed E-state index contributed by atoms with van der Waals surface area (Å²) in [6.07, 6.45) is -4.65. The number of rotatable bonds is 12. The second-order valence-corrected chi connectivity index (χ2v) is 8.98. The second kappa shape index (κ2) is 11.7. The summed E-state index contributed by atoms with van der Waals surface area (Å²) >= 11 is 0. The van der Waals surface area contributed by atoms with Crippen LogP contribution in [-0.4, -0.2) is 34.2 Å². The second-order valence-electron chi connectivity index (χ2n) is 8.98. The zero-order valence-electron chi connectivity index (χ0n) is 19.9. The third-order valence-corrected chi connectivity index (χ3v) is 5.35. The third-order valence-electron chi connectivity index (χ3n) is 5.35. The summed E-state index contributed by atoms with van der Waals surface area (Å²) < 4.78 is 72.5. The van der Waals surface area contributed by atoms with Crippen LogP contribution < -0.4 is 10.1 Å². The van der Waals surface area contributed by atoms with Gasteiger partial charge < -0.3 is 14.9 Å². The van der Waals surface area contributed by atoms with E-state index in [0.717, 1.165) is 6.07 Å². The van der Waals surface area contributed by atoms with Crippen LogP contribution in [0.1, 0.15) is 49.4 Å². The quantitative estimate of drug-likeness (QED) is 0.323. The molecule has 2 atom stereocenters. The Labute approximate surface area is 205 Å². The molecule has 0 aliphatic heterocycles. The molecule has 2 aromatic carbocycles. The molecule has 2 rings (SSSR count). The first-order chi connectivity index (χ1) is 16.6. The molecule has 36 heavy (non-hydrogen) atoms. The predicted octanol–water partition coefficient (Wildman–Crippen LogP) is 5.48. The van der Waals surface area contributed by atoms with Crippen LogP contribution in [0.3, 0.4) is 0 Å². The molecule has 2 unspecified atom stereocenters. The first-order valence-corrected chi connectivity index (χ1v) is 11.1. The first kappa shape index (κ1) is 29.0. The van der Waals surface area contributed by atoms with Crippen molar-refractivity contribution in [1.82, 2.24) is 5.32 Å². The van der Waals surface area contributed by atoms with Crippen LogP contribution in [0.25, 0.3) is 0 Å². The van der Waals surface area contributed by atoms with Gasteiger partial charge in [0.15, 0.2) is 0 Å². The summed E-state index contributed by atoms with van der Waals surface area (Å²) in [5.41, 5.74) is -1.68. The van der Waals surface area contributed by atoms with Gasteiger partial charge in [-0.3, -0.25) is 14.9 Å². The molecular formula is C25H28F5NO5. The van der Waals surface area contributed by atoms with Crippen LogP contribution in [0.15, 0.2) is 42.5 Å². The fourth-order valence-electron chi connectivity index (χ4n) is 3.62. The number of halogens is 5. The lowest BCUT2D eigenvalue weighted by atomic mass is 9.99. The van der Waals surface area contributed by atoms with Crippen LogP contribution in [0.2, 0.25) is 0 Å². The van der Waals surface area contributed by atoms with E-state index in [1.807, 2.05) is 13.8 Å². The molecule has 0 saturated heterocycles. The van der Waals surface area contributed by atoms with Crippen molar-refractivity contribution in [3.8, 4) is 5.75 Å². The molecule has 2 aromatic rings. The van der Waals surface area contributed by atoms with E-state index in [1.165, 1.54) is 18.2 Å². The molecule has 0 radical (unpaired) electrons. The Balaban J connectivity index is 2.20. The highest BCUT2D eigenvalue weighted by Gasteiger charge is 2.35. The lowest BCUT2D eigenvalue weighted by Gasteiger charge is -2.22. The standard InChI is InChI=1S/C25H28F5NO5/c1-14(2)9-20(22(32)33)31-21(23(34)35)11-15-5-4-6-18(10-15)36-13-16-7-8-17(25(28,29)30)12-19(16)24(3,26)27/h4-8,10,12,14,20-21,31H,9,11,13H2,1-3H3,(H,32,33)(H,34,35). The molecular weight excluding hydrogens is 489 g/mol. The number of carboxylic acid groups (broad SMARTS) is 2. The maximum Gasteiger partial charge on any atom is 0.416 e. The Hall–Kier alpha value is -3.21. The molecule has 0 bridgehead atoms. The van der Waals surface area contributed by atoms with E-state index < -0.39 is 53.9 Å². The minimum Gasteiger partial charge on any atom is -0.489 e. The van der Waals surface area contributed by atoms with Gasteiger partial charge >= 0.3 is 18.1 Å². The van der Waals surface area contributed by atoms with Gasteiger partial charge in [0.05, 0.1) is 5.56 Å². The summed E-state index contributed by atoms with van der Waals surface area (Å²) in [5.74, 6) is -5.78. The van der Waals surface area contributed by atoms with E-state index in [0.29, 0.717) is 24.6 Å². The molecule has 0 aliphatic rings. The molecule has 0 heterocycles. The largest absolute Gasteiger partial charge is 0.489 e. The molecule has 11 heteroatoms. The number of hydrogen-bond acceptors (Lipinski definition) is 4. The number of benzene rings is 2. The summed E-state index contributed by atoms with van der Waals surface area (Å²) in [6, 6.07) is 5.81. The number of hydrogen-bond donors (Lipinski definition) is 3. The molecule has 0 aromatic heterocycles. The topological polar surface area (TPSA) is 95.9 Å². The van der Waals surface area contributed by atoms with E-state index >= 15 is 0 Å². The lowest BCUT2D eigenvalue weighted by Crippen LogP contribution is -2.48. The molecule has 0 fully saturated rings. The van der Waals surface area contributed by atoms with Gasteiger partial charge in [0.2, 0.25) is 0 Å². The normalized spacial score (nSPS) is 13.9. The first-order valence-electron chi connectivity index (χ1n) is 11.1. The number of alkyl halides is 5. The summed E-state index contributed by atoms with van der Waals surface area (Å²) in [5, 5.41) is 21.6. The maximum atomic E-state index is 14.0. The Morgan fingerprint density at radius 2 is 1.61 bits per heavy atom. The number of aliphatic carboxylic acids is 2. The molecule has 0 saturated carbocycles. The summed E-state index contributed by atoms with van der Waals surface area (Å²) in [7, 11) is 0. The summed E-state index contributed by atoms with van der Waals surface area (Å²) in [6.45, 7) is 3.67. The van der Waals surface area contributed by atoms with Crippen LogP contribution in [-0.2, 0) is 34.7 Å². The Morgan fingerprint density at radius 1 is 0.972 bits per heavy atom. The highest BCUT2D eigenvalue weighted by atomic mass is 19.4. The maximum absolute atomic E-state index is 14.0. The van der Waals surface area contributed by atoms with Gasteiger partial charge in [-0.25, -0.2) is 8.78 Å². The van der Waals surface area contributed by atoms with Crippen LogP contribution >= 0.6 is 0 Å². The van der Waals surface area contributed by atoms with E-state index in [-0.39, 0.29) is 30.1 Å². The average molecular weight is 517 g/mol. The van der Waals surface area contributed by atoms with Crippen molar-refractivity contribution in [3.63, 3.8) is 0 Å². The van der Waals surface area contributed by atoms with E-state index in [9.17, 15) is 41.8 Å². The number of carbonyl (C=O) groups is 2. The highest BCUT2D eigenvalue weighted by molar-refractivity contribution is 5.77. The van der Waals surface area contributed by atoms with Gasteiger partial charge in [0, 0.05) is 12.5 Å². The van der Waals surface area contributed by atoms with E-state index in [1.54, 1.807) is 6.07 Å². The van der Waals surface area contributed by atoms with Crippen molar-refractivity contribution in [1.29, 1.82) is 0 Å². The Morgan fingerprint density at radius 3 is 2.14 bits per heavy atom. The molecule has 198 valence electrons. The molecule has 6 nitrogen and oxygen atoms in total. The van der Waals surface area contributed by atoms with Crippen LogP contribution in [0.5, 0.6) is 5.75 Å². The highest BCUT2D eigenvalue weighted by Crippen LogP contribution is 2.36. The van der Waals surface area contributed by atoms with Crippen molar-refractivity contribution in [2.45, 2.75) is 64.4 Å². The molecule has 0 amide bonds. The molecule has 0 spiro atoms. The SMILES string of the molecule is CC(C)CC(NC(Cc1cccc(OCc2ccc(C(F)(F)F)cc2C(C)(F)F)c1)C(=O)O)C(=O)O. The van der Waals surface area contributed by atoms with E-state index in [2.05, 4.69) is 5.32 Å². The number of nitrogens with one attached hydrogen (secondary N) is 1. The van der Waals surface area contributed by atoms with E-state index in [4.69, 9.17) is 4.74 Å². The average Bonchev–Trinajstić information content (AvgIpc) is 2.75. The van der Waals surface area contributed by atoms with Crippen molar-refractivity contribution in [3.05, 3.63) is 64.7 Å². The van der Waals surface area contributed by atoms with Gasteiger partial charge in [-0.15, -0.1) is 0 Å². The lowest BCUT2D eigenvalue weighted by molar-refractivity contribution is -0.143. The summed E-state index contributed by atoms with van der Waals surface area (Å²) in [4.78, 5) is 23.2.